The van der Waals surface area contributed by atoms with Crippen LogP contribution in [0.1, 0.15) is 34.7 Å². The van der Waals surface area contributed by atoms with Gasteiger partial charge in [-0.25, -0.2) is 0 Å². The standard InChI is InChI=1S/C26H26AsF6N7O2/c28-25(29,30)17-12-34-24(35-13-17)39-9-7-38(8-10-39)21(41)5-6-27-11-19-18-4-2-1-3-16(18)15-40(19)20-14-36-37-23(42)22(20)26(31,32)33/h1-4,12-14,19,27H,5-11,15H2,(H,37,42)/t19-/m0/s1. The number of benzene rings is 1. The number of carbonyl (C=O) groups excluding carboxylic acids is 1. The van der Waals surface area contributed by atoms with E-state index in [9.17, 15) is 35.9 Å². The van der Waals surface area contributed by atoms with Crippen molar-refractivity contribution < 1.29 is 31.1 Å². The number of hydrogen-bond donors (Lipinski definition) is 1. The molecule has 2 aliphatic rings. The van der Waals surface area contributed by atoms with Crippen LogP contribution >= 0.6 is 0 Å². The minimum atomic E-state index is -4.85. The average Bonchev–Trinajstić information content (AvgIpc) is 3.32. The van der Waals surface area contributed by atoms with Gasteiger partial charge in [0.05, 0.1) is 0 Å². The molecule has 2 atom stereocenters. The SMILES string of the molecule is O=C(CC[AsH]C[C@H]1c2ccccc2CN1c1cn[nH]c(=O)c1C(F)(F)F)N1CCN(c2ncc(C(F)(F)F)cn2)CC1. The van der Waals surface area contributed by atoms with Crippen molar-refractivity contribution >= 4 is 33.3 Å². The molecule has 4 heterocycles. The van der Waals surface area contributed by atoms with Gasteiger partial charge in [-0.3, -0.25) is 0 Å². The van der Waals surface area contributed by atoms with Gasteiger partial charge in [0.25, 0.3) is 0 Å². The first-order valence-electron chi connectivity index (χ1n) is 13.1. The van der Waals surface area contributed by atoms with Crippen LogP contribution < -0.4 is 15.4 Å². The summed E-state index contributed by atoms with van der Waals surface area (Å²) in [6.07, 6.45) is -6.55. The van der Waals surface area contributed by atoms with E-state index in [0.29, 0.717) is 43.0 Å². The number of piperazine rings is 1. The Morgan fingerprint density at radius 3 is 2.33 bits per heavy atom. The zero-order valence-corrected chi connectivity index (χ0v) is 24.1. The molecular weight excluding hydrogens is 631 g/mol. The molecule has 0 spiro atoms. The second kappa shape index (κ2) is 11.9. The Morgan fingerprint density at radius 1 is 0.976 bits per heavy atom. The van der Waals surface area contributed by atoms with Crippen LogP contribution in [0.25, 0.3) is 0 Å². The van der Waals surface area contributed by atoms with Gasteiger partial charge in [0, 0.05) is 0 Å². The number of aromatic nitrogens is 4. The minimum absolute atomic E-state index is 0.0476. The van der Waals surface area contributed by atoms with Crippen LogP contribution in [0.15, 0.2) is 47.7 Å². The Kier molecular flexibility index (Phi) is 8.49. The van der Waals surface area contributed by atoms with E-state index in [2.05, 4.69) is 15.1 Å². The van der Waals surface area contributed by atoms with Crippen molar-refractivity contribution in [2.75, 3.05) is 36.0 Å². The van der Waals surface area contributed by atoms with Crippen molar-refractivity contribution in [3.05, 3.63) is 75.5 Å². The molecule has 1 N–H and O–H groups in total. The molecule has 42 heavy (non-hydrogen) atoms. The summed E-state index contributed by atoms with van der Waals surface area (Å²) in [6, 6.07) is 7.02. The zero-order valence-electron chi connectivity index (χ0n) is 22.0. The normalized spacial score (nSPS) is 17.8. The van der Waals surface area contributed by atoms with E-state index in [-0.39, 0.29) is 30.1 Å². The molecule has 1 unspecified atom stereocenters. The molecule has 2 aromatic heterocycles. The van der Waals surface area contributed by atoms with Gasteiger partial charge in [-0.2, -0.15) is 13.2 Å². The van der Waals surface area contributed by atoms with Crippen LogP contribution in [-0.4, -0.2) is 72.9 Å². The van der Waals surface area contributed by atoms with Crippen LogP contribution in [0.3, 0.4) is 0 Å². The molecule has 9 nitrogen and oxygen atoms in total. The number of hydrogen-bond acceptors (Lipinski definition) is 7. The second-order valence-corrected chi connectivity index (χ2v) is 12.8. The number of fused-ring (bicyclic) bond motifs is 1. The van der Waals surface area contributed by atoms with Crippen molar-refractivity contribution in [2.24, 2.45) is 0 Å². The molecule has 2 aliphatic heterocycles. The molecule has 1 fully saturated rings. The summed E-state index contributed by atoms with van der Waals surface area (Å²) in [6.45, 7) is 1.73. The molecule has 16 heteroatoms. The van der Waals surface area contributed by atoms with Crippen LogP contribution in [0.5, 0.6) is 0 Å². The van der Waals surface area contributed by atoms with Crippen LogP contribution in [0.2, 0.25) is 10.4 Å². The van der Waals surface area contributed by atoms with Gasteiger partial charge in [0.15, 0.2) is 0 Å². The van der Waals surface area contributed by atoms with Gasteiger partial charge < -0.3 is 0 Å². The van der Waals surface area contributed by atoms with E-state index in [4.69, 9.17) is 0 Å². The third kappa shape index (κ3) is 6.40. The third-order valence-electron chi connectivity index (χ3n) is 7.29. The van der Waals surface area contributed by atoms with Gasteiger partial charge in [-0.1, -0.05) is 0 Å². The number of nitrogens with one attached hydrogen (secondary N) is 1. The Bertz CT molecular complexity index is 1470. The number of rotatable bonds is 7. The maximum atomic E-state index is 13.8. The van der Waals surface area contributed by atoms with Gasteiger partial charge in [0.2, 0.25) is 0 Å². The van der Waals surface area contributed by atoms with E-state index >= 15 is 0 Å². The van der Waals surface area contributed by atoms with Crippen molar-refractivity contribution in [1.29, 1.82) is 0 Å². The quantitative estimate of drug-likeness (QED) is 0.235. The zero-order chi connectivity index (χ0) is 30.1. The molecule has 1 saturated heterocycles. The Labute approximate surface area is 242 Å². The van der Waals surface area contributed by atoms with Crippen molar-refractivity contribution in [3.63, 3.8) is 0 Å². The molecule has 3 aromatic rings. The maximum absolute atomic E-state index is 13.8. The third-order valence-corrected chi connectivity index (χ3v) is 9.98. The molecule has 0 bridgehead atoms. The summed E-state index contributed by atoms with van der Waals surface area (Å²) in [5.74, 6) is 0.126. The Hall–Kier alpha value is -3.61. The molecule has 224 valence electrons. The number of H-pyrrole nitrogens is 1. The number of amides is 1. The second-order valence-electron chi connectivity index (χ2n) is 9.89. The van der Waals surface area contributed by atoms with E-state index in [1.807, 2.05) is 29.4 Å². The molecule has 0 saturated carbocycles. The summed E-state index contributed by atoms with van der Waals surface area (Å²) in [5.41, 5.74) is -1.96. The Balaban J connectivity index is 1.17. The molecule has 1 amide bonds. The first-order chi connectivity index (χ1) is 19.9. The fraction of sp³-hybridized carbons (Fsp3) is 0.423. The predicted molar refractivity (Wildman–Crippen MR) is 142 cm³/mol. The van der Waals surface area contributed by atoms with Gasteiger partial charge >= 0.3 is 230 Å². The predicted octanol–water partition coefficient (Wildman–Crippen LogP) is 3.67. The molecule has 5 rings (SSSR count). The number of aromatic amines is 1. The fourth-order valence-corrected chi connectivity index (χ4v) is 7.94. The number of anilines is 2. The van der Waals surface area contributed by atoms with Crippen molar-refractivity contribution in [2.45, 2.75) is 41.8 Å². The number of halogens is 6. The van der Waals surface area contributed by atoms with Crippen LogP contribution in [0, 0.1) is 0 Å². The van der Waals surface area contributed by atoms with E-state index < -0.39 is 44.8 Å². The van der Waals surface area contributed by atoms with Gasteiger partial charge in [-0.05, 0) is 0 Å². The number of carbonyl (C=O) groups is 1. The summed E-state index contributed by atoms with van der Waals surface area (Å²) < 4.78 is 79.7. The van der Waals surface area contributed by atoms with E-state index in [0.717, 1.165) is 29.7 Å². The Morgan fingerprint density at radius 2 is 1.67 bits per heavy atom. The van der Waals surface area contributed by atoms with Gasteiger partial charge in [-0.15, -0.1) is 0 Å². The molecular formula is C26H26AsF6N7O2. The monoisotopic (exact) mass is 657 g/mol. The van der Waals surface area contributed by atoms with E-state index in [1.54, 1.807) is 14.7 Å². The van der Waals surface area contributed by atoms with E-state index in [1.165, 1.54) is 0 Å². The number of alkyl halides is 6. The summed E-state index contributed by atoms with van der Waals surface area (Å²) >= 11 is -0.751. The van der Waals surface area contributed by atoms with Crippen molar-refractivity contribution in [1.82, 2.24) is 25.1 Å². The summed E-state index contributed by atoms with van der Waals surface area (Å²) in [5, 5.41) is 6.74. The summed E-state index contributed by atoms with van der Waals surface area (Å²) in [7, 11) is 0. The molecule has 0 radical (unpaired) electrons. The summed E-state index contributed by atoms with van der Waals surface area (Å²) in [4.78, 5) is 37.6. The van der Waals surface area contributed by atoms with Crippen LogP contribution in [0.4, 0.5) is 38.0 Å². The molecule has 0 aliphatic carbocycles. The van der Waals surface area contributed by atoms with Crippen LogP contribution in [-0.2, 0) is 23.7 Å². The topological polar surface area (TPSA) is 98.3 Å². The average molecular weight is 657 g/mol. The van der Waals surface area contributed by atoms with Crippen molar-refractivity contribution in [3.8, 4) is 0 Å². The first-order valence-corrected chi connectivity index (χ1v) is 16.0. The fourth-order valence-electron chi connectivity index (χ4n) is 5.20. The number of nitrogens with zero attached hydrogens (tertiary/aromatic N) is 6. The first kappa shape index (κ1) is 29.9. The van der Waals surface area contributed by atoms with Gasteiger partial charge in [0.1, 0.15) is 0 Å². The molecule has 1 aromatic carbocycles.